The number of aromatic amines is 1. The van der Waals surface area contributed by atoms with E-state index in [2.05, 4.69) is 10.4 Å². The highest BCUT2D eigenvalue weighted by molar-refractivity contribution is 5.94. The number of amides is 1. The van der Waals surface area contributed by atoms with Gasteiger partial charge in [0.05, 0.1) is 11.7 Å². The number of carbonyl (C=O) groups is 1. The van der Waals surface area contributed by atoms with E-state index in [1.165, 1.54) is 0 Å². The summed E-state index contributed by atoms with van der Waals surface area (Å²) in [5, 5.41) is 5.68. The number of hydrogen-bond acceptors (Lipinski definition) is 3. The Hall–Kier alpha value is -2.50. The molecule has 0 fully saturated rings. The van der Waals surface area contributed by atoms with Crippen LogP contribution in [-0.2, 0) is 4.79 Å². The van der Waals surface area contributed by atoms with Crippen LogP contribution in [0, 0.1) is 0 Å². The maximum atomic E-state index is 12.5. The lowest BCUT2D eigenvalue weighted by Gasteiger charge is -2.24. The van der Waals surface area contributed by atoms with Crippen molar-refractivity contribution in [1.29, 1.82) is 0 Å². The van der Waals surface area contributed by atoms with E-state index in [-0.39, 0.29) is 36.0 Å². The minimum absolute atomic E-state index is 0.0520. The zero-order valence-electron chi connectivity index (χ0n) is 14.4. The number of hydrogen-bond donors (Lipinski definition) is 2. The summed E-state index contributed by atoms with van der Waals surface area (Å²) < 4.78 is 7.46. The quantitative estimate of drug-likeness (QED) is 0.905. The largest absolute Gasteiger partial charge is 0.491 e. The molecule has 2 aromatic rings. The predicted molar refractivity (Wildman–Crippen MR) is 92.7 cm³/mol. The van der Waals surface area contributed by atoms with E-state index < -0.39 is 0 Å². The minimum Gasteiger partial charge on any atom is -0.491 e. The van der Waals surface area contributed by atoms with E-state index in [1.807, 2.05) is 52.0 Å². The normalized spacial score (nSPS) is 17.1. The molecule has 2 heterocycles. The number of fused-ring (bicyclic) bond motifs is 1. The van der Waals surface area contributed by atoms with Gasteiger partial charge in [-0.1, -0.05) is 12.1 Å². The second-order valence-corrected chi connectivity index (χ2v) is 6.71. The summed E-state index contributed by atoms with van der Waals surface area (Å²) in [7, 11) is 0. The standard InChI is InChI=1S/C18H23N3O3/c1-10(2)21-17-16(18(23)20-21)14(9-15(22)19-17)12-6-5-7-13(8-12)24-11(3)4/h5-8,10-11,14H,9H2,1-4H3,(H,19,22)(H,20,23)/t14-/m0/s1. The number of rotatable bonds is 4. The molecule has 1 aromatic heterocycles. The van der Waals surface area contributed by atoms with Crippen molar-refractivity contribution in [2.24, 2.45) is 0 Å². The topological polar surface area (TPSA) is 76.1 Å². The number of ether oxygens (including phenoxy) is 1. The Morgan fingerprint density at radius 3 is 2.62 bits per heavy atom. The first-order valence-corrected chi connectivity index (χ1v) is 8.27. The first-order valence-electron chi connectivity index (χ1n) is 8.27. The fourth-order valence-corrected chi connectivity index (χ4v) is 3.13. The van der Waals surface area contributed by atoms with Gasteiger partial charge in [0, 0.05) is 18.4 Å². The summed E-state index contributed by atoms with van der Waals surface area (Å²) in [4.78, 5) is 24.7. The lowest BCUT2D eigenvalue weighted by Crippen LogP contribution is -2.27. The molecular formula is C18H23N3O3. The second kappa shape index (κ2) is 6.19. The molecule has 0 radical (unpaired) electrons. The van der Waals surface area contributed by atoms with E-state index in [0.717, 1.165) is 11.3 Å². The Morgan fingerprint density at radius 2 is 1.96 bits per heavy atom. The average Bonchev–Trinajstić information content (AvgIpc) is 2.83. The highest BCUT2D eigenvalue weighted by Crippen LogP contribution is 2.36. The predicted octanol–water partition coefficient (Wildman–Crippen LogP) is 3.02. The van der Waals surface area contributed by atoms with Gasteiger partial charge in [0.15, 0.2) is 0 Å². The number of aromatic nitrogens is 2. The fourth-order valence-electron chi connectivity index (χ4n) is 3.13. The van der Waals surface area contributed by atoms with E-state index in [4.69, 9.17) is 4.74 Å². The van der Waals surface area contributed by atoms with Crippen LogP contribution in [0.2, 0.25) is 0 Å². The Labute approximate surface area is 140 Å². The van der Waals surface area contributed by atoms with Crippen molar-refractivity contribution < 1.29 is 9.53 Å². The molecule has 1 aliphatic rings. The molecule has 6 heteroatoms. The molecule has 3 rings (SSSR count). The Bertz CT molecular complexity index is 817. The van der Waals surface area contributed by atoms with Crippen molar-refractivity contribution in [3.63, 3.8) is 0 Å². The molecule has 0 saturated heterocycles. The van der Waals surface area contributed by atoms with Gasteiger partial charge in [0.25, 0.3) is 5.56 Å². The van der Waals surface area contributed by atoms with Crippen LogP contribution in [0.5, 0.6) is 5.75 Å². The van der Waals surface area contributed by atoms with Gasteiger partial charge >= 0.3 is 0 Å². The number of H-pyrrole nitrogens is 1. The summed E-state index contributed by atoms with van der Waals surface area (Å²) in [5.41, 5.74) is 1.38. The van der Waals surface area contributed by atoms with Gasteiger partial charge < -0.3 is 10.1 Å². The van der Waals surface area contributed by atoms with Crippen molar-refractivity contribution in [2.75, 3.05) is 5.32 Å². The maximum absolute atomic E-state index is 12.5. The van der Waals surface area contributed by atoms with E-state index >= 15 is 0 Å². The monoisotopic (exact) mass is 329 g/mol. The SMILES string of the molecule is CC(C)Oc1cccc([C@@H]2CC(=O)Nc3c2c(=O)[nH]n3C(C)C)c1. The Morgan fingerprint density at radius 1 is 1.21 bits per heavy atom. The molecule has 0 spiro atoms. The van der Waals surface area contributed by atoms with Crippen molar-refractivity contribution in [3.05, 3.63) is 45.7 Å². The van der Waals surface area contributed by atoms with Crippen LogP contribution < -0.4 is 15.6 Å². The fraction of sp³-hybridized carbons (Fsp3) is 0.444. The molecular weight excluding hydrogens is 306 g/mol. The van der Waals surface area contributed by atoms with Gasteiger partial charge in [-0.3, -0.25) is 19.4 Å². The lowest BCUT2D eigenvalue weighted by molar-refractivity contribution is -0.116. The highest BCUT2D eigenvalue weighted by Gasteiger charge is 2.33. The van der Waals surface area contributed by atoms with Crippen LogP contribution in [-0.4, -0.2) is 21.8 Å². The van der Waals surface area contributed by atoms with Crippen LogP contribution in [0.4, 0.5) is 5.82 Å². The molecule has 6 nitrogen and oxygen atoms in total. The van der Waals surface area contributed by atoms with Gasteiger partial charge in [-0.25, -0.2) is 0 Å². The zero-order valence-corrected chi connectivity index (χ0v) is 14.4. The van der Waals surface area contributed by atoms with Crippen LogP contribution in [0.3, 0.4) is 0 Å². The first-order chi connectivity index (χ1) is 11.4. The van der Waals surface area contributed by atoms with Crippen LogP contribution in [0.15, 0.2) is 29.1 Å². The molecule has 24 heavy (non-hydrogen) atoms. The summed E-state index contributed by atoms with van der Waals surface area (Å²) in [5.74, 6) is 0.963. The molecule has 1 aliphatic heterocycles. The molecule has 0 saturated carbocycles. The summed E-state index contributed by atoms with van der Waals surface area (Å²) >= 11 is 0. The number of nitrogens with zero attached hydrogens (tertiary/aromatic N) is 1. The Balaban J connectivity index is 2.08. The second-order valence-electron chi connectivity index (χ2n) is 6.71. The van der Waals surface area contributed by atoms with Gasteiger partial charge in [-0.05, 0) is 45.4 Å². The Kier molecular flexibility index (Phi) is 4.22. The summed E-state index contributed by atoms with van der Waals surface area (Å²) in [6, 6.07) is 7.69. The smallest absolute Gasteiger partial charge is 0.270 e. The van der Waals surface area contributed by atoms with Crippen molar-refractivity contribution in [3.8, 4) is 5.75 Å². The van der Waals surface area contributed by atoms with Crippen LogP contribution in [0.25, 0.3) is 0 Å². The zero-order chi connectivity index (χ0) is 17.4. The van der Waals surface area contributed by atoms with Crippen molar-refractivity contribution in [1.82, 2.24) is 9.78 Å². The van der Waals surface area contributed by atoms with Gasteiger partial charge in [0.1, 0.15) is 11.6 Å². The third-order valence-electron chi connectivity index (χ3n) is 4.11. The van der Waals surface area contributed by atoms with E-state index in [9.17, 15) is 9.59 Å². The molecule has 128 valence electrons. The van der Waals surface area contributed by atoms with Crippen molar-refractivity contribution >= 4 is 11.7 Å². The van der Waals surface area contributed by atoms with Crippen LogP contribution >= 0.6 is 0 Å². The third-order valence-corrected chi connectivity index (χ3v) is 4.11. The minimum atomic E-state index is -0.270. The molecule has 2 N–H and O–H groups in total. The van der Waals surface area contributed by atoms with Gasteiger partial charge in [-0.15, -0.1) is 0 Å². The number of nitrogens with one attached hydrogen (secondary N) is 2. The number of carbonyl (C=O) groups excluding carboxylic acids is 1. The molecule has 1 atom stereocenters. The maximum Gasteiger partial charge on any atom is 0.270 e. The number of benzene rings is 1. The van der Waals surface area contributed by atoms with E-state index in [0.29, 0.717) is 11.4 Å². The first kappa shape index (κ1) is 16.4. The third kappa shape index (κ3) is 2.96. The van der Waals surface area contributed by atoms with Gasteiger partial charge in [0.2, 0.25) is 5.91 Å². The van der Waals surface area contributed by atoms with Crippen LogP contribution in [0.1, 0.15) is 57.2 Å². The molecule has 0 bridgehead atoms. The molecule has 0 aliphatic carbocycles. The summed E-state index contributed by atoms with van der Waals surface area (Å²) in [6.07, 6.45) is 0.319. The molecule has 1 amide bonds. The highest BCUT2D eigenvalue weighted by atomic mass is 16.5. The van der Waals surface area contributed by atoms with Gasteiger partial charge in [-0.2, -0.15) is 0 Å². The lowest BCUT2D eigenvalue weighted by atomic mass is 9.87. The molecule has 1 aromatic carbocycles. The average molecular weight is 329 g/mol. The number of anilines is 1. The van der Waals surface area contributed by atoms with Crippen molar-refractivity contribution in [2.45, 2.75) is 52.2 Å². The molecule has 0 unspecified atom stereocenters. The van der Waals surface area contributed by atoms with E-state index in [1.54, 1.807) is 4.68 Å². The summed E-state index contributed by atoms with van der Waals surface area (Å²) in [6.45, 7) is 7.85.